The fourth-order valence-electron chi connectivity index (χ4n) is 3.03. The highest BCUT2D eigenvalue weighted by Crippen LogP contribution is 2.32. The summed E-state index contributed by atoms with van der Waals surface area (Å²) in [4.78, 5) is 36.2. The highest BCUT2D eigenvalue weighted by molar-refractivity contribution is 5.92. The maximum Gasteiger partial charge on any atom is 0.326 e. The van der Waals surface area contributed by atoms with Gasteiger partial charge in [0.15, 0.2) is 0 Å². The summed E-state index contributed by atoms with van der Waals surface area (Å²) in [6.45, 7) is 0.136. The van der Waals surface area contributed by atoms with E-state index in [1.54, 1.807) is 6.20 Å². The van der Waals surface area contributed by atoms with Gasteiger partial charge in [-0.25, -0.2) is 4.79 Å². The van der Waals surface area contributed by atoms with Gasteiger partial charge >= 0.3 is 5.97 Å². The van der Waals surface area contributed by atoms with Crippen molar-refractivity contribution in [2.45, 2.75) is 37.6 Å². The normalized spacial score (nSPS) is 14.3. The maximum atomic E-state index is 12.7. The molecule has 0 bridgehead atoms. The lowest BCUT2D eigenvalue weighted by molar-refractivity contribution is -0.142. The average molecular weight is 418 g/mol. The van der Waals surface area contributed by atoms with E-state index in [1.165, 1.54) is 0 Å². The first-order chi connectivity index (χ1) is 14.3. The third-order valence-electron chi connectivity index (χ3n) is 4.53. The van der Waals surface area contributed by atoms with Crippen molar-refractivity contribution in [2.24, 2.45) is 17.2 Å². The van der Waals surface area contributed by atoms with Gasteiger partial charge in [0.05, 0.1) is 12.2 Å². The molecule has 0 saturated heterocycles. The molecular formula is C19H28N7O4. The molecule has 1 radical (unpaired) electrons. The predicted molar refractivity (Wildman–Crippen MR) is 111 cm³/mol. The third kappa shape index (κ3) is 6.81. The quantitative estimate of drug-likeness (QED) is 0.153. The maximum absolute atomic E-state index is 12.7. The Bertz CT molecular complexity index is 797. The zero-order chi connectivity index (χ0) is 22.1. The number of carbonyl (C=O) groups is 3. The number of para-hydroxylation sites is 1. The summed E-state index contributed by atoms with van der Waals surface area (Å²) in [5, 5.41) is 21.7. The molecule has 1 aromatic rings. The molecular weight excluding hydrogens is 390 g/mol. The Labute approximate surface area is 174 Å². The molecule has 11 heteroatoms. The molecule has 2 rings (SSSR count). The van der Waals surface area contributed by atoms with Crippen LogP contribution in [0.3, 0.4) is 0 Å². The van der Waals surface area contributed by atoms with E-state index in [4.69, 9.17) is 17.2 Å². The summed E-state index contributed by atoms with van der Waals surface area (Å²) >= 11 is 0. The number of rotatable bonds is 12. The molecule has 0 saturated carbocycles. The largest absolute Gasteiger partial charge is 0.480 e. The fraction of sp³-hybridized carbons (Fsp3) is 0.421. The van der Waals surface area contributed by atoms with Gasteiger partial charge in [-0.15, -0.1) is 0 Å². The van der Waals surface area contributed by atoms with Crippen molar-refractivity contribution in [3.63, 3.8) is 0 Å². The molecule has 2 unspecified atom stereocenters. The first kappa shape index (κ1) is 23.3. The average Bonchev–Trinajstić information content (AvgIpc) is 3.12. The van der Waals surface area contributed by atoms with Crippen molar-refractivity contribution in [3.05, 3.63) is 36.0 Å². The number of hydrogen-bond acceptors (Lipinski definition) is 7. The lowest BCUT2D eigenvalue weighted by Gasteiger charge is -2.22. The van der Waals surface area contributed by atoms with E-state index in [2.05, 4.69) is 21.3 Å². The molecule has 2 atom stereocenters. The highest BCUT2D eigenvalue weighted by Gasteiger charge is 2.28. The summed E-state index contributed by atoms with van der Waals surface area (Å²) in [7, 11) is 0. The molecule has 1 aromatic carbocycles. The van der Waals surface area contributed by atoms with Crippen LogP contribution in [0.15, 0.2) is 30.5 Å². The van der Waals surface area contributed by atoms with E-state index in [-0.39, 0.29) is 19.4 Å². The van der Waals surface area contributed by atoms with Crippen LogP contribution in [0, 0.1) is 0 Å². The van der Waals surface area contributed by atoms with Crippen molar-refractivity contribution in [2.75, 3.05) is 13.1 Å². The van der Waals surface area contributed by atoms with Gasteiger partial charge in [-0.2, -0.15) is 0 Å². The van der Waals surface area contributed by atoms with E-state index in [0.717, 1.165) is 11.3 Å². The molecule has 1 aliphatic heterocycles. The summed E-state index contributed by atoms with van der Waals surface area (Å²) in [6.07, 6.45) is 1.69. The molecule has 1 heterocycles. The number of hydrogen-bond donors (Lipinski definition) is 7. The molecule has 10 N–H and O–H groups in total. The second-order valence-electron chi connectivity index (χ2n) is 6.85. The number of carboxylic acids is 1. The van der Waals surface area contributed by atoms with Gasteiger partial charge in [-0.3, -0.25) is 20.2 Å². The molecule has 2 amide bonds. The number of nitrogens with zero attached hydrogens (tertiary/aromatic N) is 1. The van der Waals surface area contributed by atoms with Crippen molar-refractivity contribution < 1.29 is 19.5 Å². The van der Waals surface area contributed by atoms with Crippen LogP contribution in [-0.4, -0.2) is 54.4 Å². The van der Waals surface area contributed by atoms with E-state index in [1.807, 2.05) is 24.3 Å². The van der Waals surface area contributed by atoms with Gasteiger partial charge in [0, 0.05) is 18.2 Å². The van der Waals surface area contributed by atoms with E-state index >= 15 is 0 Å². The van der Waals surface area contributed by atoms with Crippen molar-refractivity contribution in [1.29, 1.82) is 0 Å². The van der Waals surface area contributed by atoms with Crippen LogP contribution in [0.4, 0.5) is 5.69 Å². The smallest absolute Gasteiger partial charge is 0.326 e. The van der Waals surface area contributed by atoms with E-state index in [9.17, 15) is 19.5 Å². The Morgan fingerprint density at radius 1 is 1.10 bits per heavy atom. The molecule has 0 aromatic heterocycles. The van der Waals surface area contributed by atoms with Gasteiger partial charge in [-0.05, 0) is 31.0 Å². The van der Waals surface area contributed by atoms with Gasteiger partial charge in [-0.1, -0.05) is 18.2 Å². The Morgan fingerprint density at radius 3 is 2.50 bits per heavy atom. The van der Waals surface area contributed by atoms with E-state index < -0.39 is 36.2 Å². The summed E-state index contributed by atoms with van der Waals surface area (Å²) < 4.78 is 0. The lowest BCUT2D eigenvalue weighted by atomic mass is 9.99. The number of carbonyl (C=O) groups excluding carboxylic acids is 2. The standard InChI is InChI=1S/C19H28N7O4/c20-9-16(27)25-14(6-3-7-23-19(21)22)17(28)26-15(18(29)30)8-11-10-24-13-5-2-1-4-12(11)13/h1-2,4-5,10,14-15,19,23H,3,6-9,20-22H2,(H,25,27)(H,26,28)(H,29,30). The van der Waals surface area contributed by atoms with Crippen LogP contribution in [-0.2, 0) is 14.4 Å². The van der Waals surface area contributed by atoms with Crippen LogP contribution >= 0.6 is 0 Å². The Hall–Kier alpha value is -2.99. The Morgan fingerprint density at radius 2 is 1.83 bits per heavy atom. The molecule has 1 aliphatic rings. The third-order valence-corrected chi connectivity index (χ3v) is 4.53. The second-order valence-corrected chi connectivity index (χ2v) is 6.85. The zero-order valence-electron chi connectivity index (χ0n) is 16.5. The summed E-state index contributed by atoms with van der Waals surface area (Å²) in [5.41, 5.74) is 18.4. The van der Waals surface area contributed by atoms with E-state index in [0.29, 0.717) is 18.5 Å². The highest BCUT2D eigenvalue weighted by atomic mass is 16.4. The topological polar surface area (TPSA) is 200 Å². The SMILES string of the molecule is NCC(=O)NC(CCCNC(N)N)C(=O)NC(CC1=C[N]c2ccccc21)C(=O)O. The number of benzene rings is 1. The zero-order valence-corrected chi connectivity index (χ0v) is 16.5. The Balaban J connectivity index is 2.02. The van der Waals surface area contributed by atoms with Crippen LogP contribution < -0.4 is 38.5 Å². The van der Waals surface area contributed by atoms with Crippen LogP contribution in [0.25, 0.3) is 5.57 Å². The van der Waals surface area contributed by atoms with Crippen LogP contribution in [0.5, 0.6) is 0 Å². The van der Waals surface area contributed by atoms with Gasteiger partial charge in [0.1, 0.15) is 18.4 Å². The van der Waals surface area contributed by atoms with Crippen molar-refractivity contribution >= 4 is 29.0 Å². The van der Waals surface area contributed by atoms with Gasteiger partial charge in [0.2, 0.25) is 11.8 Å². The number of nitrogens with two attached hydrogens (primary N) is 3. The second kappa shape index (κ2) is 11.3. The number of nitrogens with one attached hydrogen (secondary N) is 3. The monoisotopic (exact) mass is 418 g/mol. The minimum atomic E-state index is -1.19. The fourth-order valence-corrected chi connectivity index (χ4v) is 3.03. The number of aliphatic carboxylic acids is 1. The first-order valence-electron chi connectivity index (χ1n) is 9.58. The molecule has 0 aliphatic carbocycles. The Kier molecular flexibility index (Phi) is 8.74. The predicted octanol–water partition coefficient (Wildman–Crippen LogP) is -1.75. The number of carboxylic acid groups (broad SMARTS) is 1. The van der Waals surface area contributed by atoms with Crippen molar-refractivity contribution in [1.82, 2.24) is 21.3 Å². The lowest BCUT2D eigenvalue weighted by Crippen LogP contribution is -2.53. The minimum absolute atomic E-state index is 0.0583. The van der Waals surface area contributed by atoms with Crippen molar-refractivity contribution in [3.8, 4) is 0 Å². The summed E-state index contributed by atoms with van der Waals surface area (Å²) in [5.74, 6) is -2.31. The molecule has 0 fully saturated rings. The van der Waals surface area contributed by atoms with Crippen LogP contribution in [0.2, 0.25) is 0 Å². The van der Waals surface area contributed by atoms with Gasteiger partial charge < -0.3 is 32.9 Å². The van der Waals surface area contributed by atoms with Crippen LogP contribution in [0.1, 0.15) is 24.8 Å². The summed E-state index contributed by atoms with van der Waals surface area (Å²) in [6, 6.07) is 5.23. The molecule has 11 nitrogen and oxygen atoms in total. The first-order valence-corrected chi connectivity index (χ1v) is 9.58. The van der Waals surface area contributed by atoms with Gasteiger partial charge in [0.25, 0.3) is 0 Å². The molecule has 30 heavy (non-hydrogen) atoms. The minimum Gasteiger partial charge on any atom is -0.480 e. The molecule has 0 spiro atoms. The molecule has 163 valence electrons. The number of fused-ring (bicyclic) bond motifs is 1. The number of amides is 2.